The Kier molecular flexibility index (Phi) is 3.97. The maximum absolute atomic E-state index is 11.2. The molecule has 0 unspecified atom stereocenters. The van der Waals surface area contributed by atoms with Crippen molar-refractivity contribution < 1.29 is 24.1 Å². The molecule has 3 rings (SSSR count). The number of fused-ring (bicyclic) bond motifs is 1. The van der Waals surface area contributed by atoms with E-state index in [4.69, 9.17) is 14.2 Å². The quantitative estimate of drug-likeness (QED) is 0.859. The van der Waals surface area contributed by atoms with Gasteiger partial charge in [0.15, 0.2) is 11.5 Å². The van der Waals surface area contributed by atoms with E-state index in [1.165, 1.54) is 11.0 Å². The van der Waals surface area contributed by atoms with Crippen molar-refractivity contribution >= 4 is 12.1 Å². The maximum atomic E-state index is 11.2. The van der Waals surface area contributed by atoms with Gasteiger partial charge in [0.2, 0.25) is 13.2 Å². The van der Waals surface area contributed by atoms with Crippen LogP contribution in [0.4, 0.5) is 5.69 Å². The predicted molar refractivity (Wildman–Crippen MR) is 85.3 cm³/mol. The van der Waals surface area contributed by atoms with Gasteiger partial charge in [-0.05, 0) is 25.1 Å². The van der Waals surface area contributed by atoms with Crippen LogP contribution in [-0.4, -0.2) is 32.0 Å². The first-order valence-electron chi connectivity index (χ1n) is 7.22. The van der Waals surface area contributed by atoms with Crippen LogP contribution in [0.1, 0.15) is 6.92 Å². The molecule has 1 N–H and O–H groups in total. The molecule has 1 heterocycles. The summed E-state index contributed by atoms with van der Waals surface area (Å²) in [6.45, 7) is 2.54. The average Bonchev–Trinajstić information content (AvgIpc) is 3.01. The molecule has 6 heteroatoms. The molecular formula is C17H17NO5. The summed E-state index contributed by atoms with van der Waals surface area (Å²) in [5.74, 6) is 1.77. The lowest BCUT2D eigenvalue weighted by molar-refractivity contribution is -0.107. The summed E-state index contributed by atoms with van der Waals surface area (Å²) < 4.78 is 16.1. The highest BCUT2D eigenvalue weighted by Gasteiger charge is 2.20. The van der Waals surface area contributed by atoms with E-state index in [0.29, 0.717) is 47.1 Å². The number of carbonyl (C=O) groups is 1. The Balaban J connectivity index is 2.13. The Morgan fingerprint density at radius 3 is 2.65 bits per heavy atom. The average molecular weight is 315 g/mol. The third kappa shape index (κ3) is 2.75. The Hall–Kier alpha value is -2.89. The molecule has 0 saturated heterocycles. The van der Waals surface area contributed by atoms with Crippen LogP contribution in [0.2, 0.25) is 0 Å². The summed E-state index contributed by atoms with van der Waals surface area (Å²) in [7, 11) is 1.64. The molecule has 120 valence electrons. The number of hydrogen-bond donors (Lipinski definition) is 1. The number of hydrogen-bond acceptors (Lipinski definition) is 5. The largest absolute Gasteiger partial charge is 0.507 e. The predicted octanol–water partition coefficient (Wildman–Crippen LogP) is 2.78. The number of aromatic hydroxyl groups is 1. The second-order valence-electron chi connectivity index (χ2n) is 5.05. The fourth-order valence-electron chi connectivity index (χ4n) is 2.49. The van der Waals surface area contributed by atoms with E-state index < -0.39 is 0 Å². The van der Waals surface area contributed by atoms with Gasteiger partial charge < -0.3 is 24.2 Å². The van der Waals surface area contributed by atoms with Crippen molar-refractivity contribution in [1.82, 2.24) is 0 Å². The molecule has 1 aliphatic heterocycles. The van der Waals surface area contributed by atoms with Gasteiger partial charge in [-0.25, -0.2) is 0 Å². The van der Waals surface area contributed by atoms with Crippen LogP contribution >= 0.6 is 0 Å². The zero-order valence-electron chi connectivity index (χ0n) is 12.9. The molecule has 23 heavy (non-hydrogen) atoms. The molecule has 0 spiro atoms. The second kappa shape index (κ2) is 6.08. The van der Waals surface area contributed by atoms with Crippen LogP contribution in [0, 0.1) is 0 Å². The molecule has 0 aromatic heterocycles. The van der Waals surface area contributed by atoms with Gasteiger partial charge in [-0.2, -0.15) is 0 Å². The minimum Gasteiger partial charge on any atom is -0.507 e. The number of phenolic OH excluding ortho intramolecular Hbond substituents is 1. The zero-order chi connectivity index (χ0) is 16.4. The standard InChI is InChI=1S/C17H17NO5/c1-3-21-11-4-5-12(14(6-11)18(2)9-19)13-7-16-17(8-15(13)20)23-10-22-16/h4-9,20H,3,10H2,1-2H3. The number of carbonyl (C=O) groups excluding carboxylic acids is 1. The van der Waals surface area contributed by atoms with Gasteiger partial charge >= 0.3 is 0 Å². The van der Waals surface area contributed by atoms with Crippen molar-refractivity contribution in [3.63, 3.8) is 0 Å². The van der Waals surface area contributed by atoms with Gasteiger partial charge in [-0.3, -0.25) is 4.79 Å². The van der Waals surface area contributed by atoms with Crippen LogP contribution in [0.5, 0.6) is 23.0 Å². The lowest BCUT2D eigenvalue weighted by Crippen LogP contribution is -2.15. The third-order valence-electron chi connectivity index (χ3n) is 3.60. The molecule has 0 saturated carbocycles. The first kappa shape index (κ1) is 15.0. The highest BCUT2D eigenvalue weighted by molar-refractivity contribution is 5.90. The van der Waals surface area contributed by atoms with Crippen molar-refractivity contribution in [1.29, 1.82) is 0 Å². The fraction of sp³-hybridized carbons (Fsp3) is 0.235. The molecule has 0 atom stereocenters. The highest BCUT2D eigenvalue weighted by Crippen LogP contribution is 2.45. The van der Waals surface area contributed by atoms with Crippen molar-refractivity contribution in [2.75, 3.05) is 25.3 Å². The van der Waals surface area contributed by atoms with Gasteiger partial charge in [0.1, 0.15) is 11.5 Å². The molecule has 2 aromatic carbocycles. The Labute approximate surface area is 133 Å². The summed E-state index contributed by atoms with van der Waals surface area (Å²) in [4.78, 5) is 12.6. The van der Waals surface area contributed by atoms with Crippen molar-refractivity contribution in [3.8, 4) is 34.1 Å². The van der Waals surface area contributed by atoms with E-state index in [1.54, 1.807) is 31.3 Å². The van der Waals surface area contributed by atoms with E-state index in [2.05, 4.69) is 0 Å². The first-order chi connectivity index (χ1) is 11.1. The second-order valence-corrected chi connectivity index (χ2v) is 5.05. The van der Waals surface area contributed by atoms with E-state index in [1.807, 2.05) is 6.92 Å². The first-order valence-corrected chi connectivity index (χ1v) is 7.22. The number of phenols is 1. The minimum absolute atomic E-state index is 0.0546. The normalized spacial score (nSPS) is 12.1. The molecule has 6 nitrogen and oxygen atoms in total. The van der Waals surface area contributed by atoms with Crippen molar-refractivity contribution in [3.05, 3.63) is 30.3 Å². The molecule has 0 aliphatic carbocycles. The highest BCUT2D eigenvalue weighted by atomic mass is 16.7. The molecule has 1 amide bonds. The van der Waals surface area contributed by atoms with Gasteiger partial charge in [-0.1, -0.05) is 0 Å². The lowest BCUT2D eigenvalue weighted by atomic mass is 10.0. The summed E-state index contributed by atoms with van der Waals surface area (Å²) >= 11 is 0. The molecule has 1 aliphatic rings. The lowest BCUT2D eigenvalue weighted by Gasteiger charge is -2.18. The van der Waals surface area contributed by atoms with Crippen LogP contribution in [0.15, 0.2) is 30.3 Å². The number of nitrogens with zero attached hydrogens (tertiary/aromatic N) is 1. The molecule has 0 radical (unpaired) electrons. The van der Waals surface area contributed by atoms with Crippen LogP contribution in [-0.2, 0) is 4.79 Å². The summed E-state index contributed by atoms with van der Waals surface area (Å²) in [5, 5.41) is 10.3. The Morgan fingerprint density at radius 2 is 1.96 bits per heavy atom. The fourth-order valence-corrected chi connectivity index (χ4v) is 2.49. The monoisotopic (exact) mass is 315 g/mol. The van der Waals surface area contributed by atoms with E-state index in [-0.39, 0.29) is 12.5 Å². The summed E-state index contributed by atoms with van der Waals surface area (Å²) in [6.07, 6.45) is 0.707. The van der Waals surface area contributed by atoms with Crippen molar-refractivity contribution in [2.24, 2.45) is 0 Å². The summed E-state index contributed by atoms with van der Waals surface area (Å²) in [6, 6.07) is 8.58. The van der Waals surface area contributed by atoms with E-state index in [0.717, 1.165) is 0 Å². The number of amides is 1. The zero-order valence-corrected chi connectivity index (χ0v) is 12.9. The Morgan fingerprint density at radius 1 is 1.22 bits per heavy atom. The van der Waals surface area contributed by atoms with Crippen LogP contribution in [0.3, 0.4) is 0 Å². The minimum atomic E-state index is 0.0546. The topological polar surface area (TPSA) is 68.2 Å². The van der Waals surface area contributed by atoms with Gasteiger partial charge in [-0.15, -0.1) is 0 Å². The number of benzene rings is 2. The smallest absolute Gasteiger partial charge is 0.231 e. The van der Waals surface area contributed by atoms with E-state index in [9.17, 15) is 9.90 Å². The number of ether oxygens (including phenoxy) is 3. The number of rotatable bonds is 5. The maximum Gasteiger partial charge on any atom is 0.231 e. The van der Waals surface area contributed by atoms with E-state index >= 15 is 0 Å². The van der Waals surface area contributed by atoms with Gasteiger partial charge in [0, 0.05) is 30.3 Å². The van der Waals surface area contributed by atoms with Crippen LogP contribution in [0.25, 0.3) is 11.1 Å². The Bertz CT molecular complexity index is 744. The van der Waals surface area contributed by atoms with Crippen molar-refractivity contribution in [2.45, 2.75) is 6.92 Å². The van der Waals surface area contributed by atoms with Gasteiger partial charge in [0.25, 0.3) is 0 Å². The molecule has 2 aromatic rings. The molecule has 0 bridgehead atoms. The molecule has 0 fully saturated rings. The molecular weight excluding hydrogens is 298 g/mol. The third-order valence-corrected chi connectivity index (χ3v) is 3.60. The number of anilines is 1. The van der Waals surface area contributed by atoms with Gasteiger partial charge in [0.05, 0.1) is 12.3 Å². The SMILES string of the molecule is CCOc1ccc(-c2cc3c(cc2O)OCO3)c(N(C)C=O)c1. The van der Waals surface area contributed by atoms with Crippen LogP contribution < -0.4 is 19.1 Å². The summed E-state index contributed by atoms with van der Waals surface area (Å²) in [5.41, 5.74) is 1.87.